The van der Waals surface area contributed by atoms with E-state index in [1.165, 1.54) is 4.90 Å². The normalized spacial score (nSPS) is 16.0. The Labute approximate surface area is 175 Å². The summed E-state index contributed by atoms with van der Waals surface area (Å²) in [6.07, 6.45) is 0.761. The molecule has 1 aromatic carbocycles. The largest absolute Gasteiger partial charge is 0.456 e. The molecule has 3 rings (SSSR count). The number of hydrogen-bond donors (Lipinski definition) is 4. The Kier molecular flexibility index (Phi) is 6.21. The maximum absolute atomic E-state index is 12.8. The number of primary amides is 3. The van der Waals surface area contributed by atoms with Crippen LogP contribution in [0.5, 0.6) is 0 Å². The molecule has 1 unspecified atom stereocenters. The number of likely N-dealkylation sites (tertiary alicyclic amines) is 1. The van der Waals surface area contributed by atoms with Crippen molar-refractivity contribution in [1.82, 2.24) is 4.90 Å². The third-order valence-corrected chi connectivity index (χ3v) is 5.76. The van der Waals surface area contributed by atoms with Crippen molar-refractivity contribution in [2.75, 3.05) is 18.4 Å². The van der Waals surface area contributed by atoms with E-state index in [0.29, 0.717) is 35.4 Å². The number of urea groups is 2. The highest BCUT2D eigenvalue weighted by Crippen LogP contribution is 2.36. The first kappa shape index (κ1) is 21.1. The number of rotatable bonds is 5. The summed E-state index contributed by atoms with van der Waals surface area (Å²) in [6, 6.07) is 6.71. The van der Waals surface area contributed by atoms with Crippen LogP contribution in [0.3, 0.4) is 0 Å². The molecular formula is C19H21N5O5S. The molecule has 0 spiro atoms. The molecule has 0 radical (unpaired) electrons. The maximum Gasteiger partial charge on any atom is 0.350 e. The second-order valence-electron chi connectivity index (χ2n) is 6.74. The number of nitrogens with one attached hydrogen (secondary N) is 1. The number of carbonyl (C=O) groups is 4. The Morgan fingerprint density at radius 1 is 1.10 bits per heavy atom. The van der Waals surface area contributed by atoms with E-state index >= 15 is 0 Å². The van der Waals surface area contributed by atoms with Gasteiger partial charge in [0.15, 0.2) is 0 Å². The number of thiophene rings is 1. The Balaban J connectivity index is 1.83. The number of amides is 5. The van der Waals surface area contributed by atoms with Crippen LogP contribution in [0, 0.1) is 0 Å². The van der Waals surface area contributed by atoms with Crippen LogP contribution in [0.2, 0.25) is 0 Å². The summed E-state index contributed by atoms with van der Waals surface area (Å²) in [5.41, 5.74) is 17.1. The molecule has 1 aliphatic heterocycles. The first-order valence-corrected chi connectivity index (χ1v) is 9.92. The standard InChI is InChI=1S/C19H21N5O5S/c20-16(25)11-5-3-10(4-6-11)14-8-13(23-18(21)27)15(30-14)17(26)29-12-2-1-7-24(9-12)19(22)28/h3-6,8,12H,1-2,7,9H2,(H2,20,25)(H2,22,28)(H3,21,23,27). The summed E-state index contributed by atoms with van der Waals surface area (Å²) in [5.74, 6) is -1.19. The van der Waals surface area contributed by atoms with Gasteiger partial charge in [-0.3, -0.25) is 4.79 Å². The van der Waals surface area contributed by atoms with E-state index in [4.69, 9.17) is 21.9 Å². The molecule has 7 N–H and O–H groups in total. The molecule has 2 aromatic rings. The Bertz CT molecular complexity index is 988. The van der Waals surface area contributed by atoms with Gasteiger partial charge < -0.3 is 32.2 Å². The molecule has 0 aliphatic carbocycles. The zero-order chi connectivity index (χ0) is 21.8. The molecular weight excluding hydrogens is 410 g/mol. The monoisotopic (exact) mass is 431 g/mol. The molecule has 158 valence electrons. The summed E-state index contributed by atoms with van der Waals surface area (Å²) in [4.78, 5) is 49.0. The molecule has 1 saturated heterocycles. The maximum atomic E-state index is 12.8. The van der Waals surface area contributed by atoms with Crippen molar-refractivity contribution in [2.24, 2.45) is 17.2 Å². The van der Waals surface area contributed by atoms with E-state index in [0.717, 1.165) is 11.3 Å². The minimum atomic E-state index is -0.824. The first-order valence-electron chi connectivity index (χ1n) is 9.10. The number of esters is 1. The Morgan fingerprint density at radius 2 is 1.80 bits per heavy atom. The SMILES string of the molecule is NC(=O)Nc1cc(-c2ccc(C(N)=O)cc2)sc1C(=O)OC1CCCN(C(N)=O)C1. The average molecular weight is 431 g/mol. The number of nitrogens with zero attached hydrogens (tertiary/aromatic N) is 1. The summed E-state index contributed by atoms with van der Waals surface area (Å²) in [7, 11) is 0. The van der Waals surface area contributed by atoms with Gasteiger partial charge in [0.2, 0.25) is 5.91 Å². The van der Waals surface area contributed by atoms with E-state index in [1.807, 2.05) is 0 Å². The topological polar surface area (TPSA) is 171 Å². The second kappa shape index (κ2) is 8.82. The first-order chi connectivity index (χ1) is 14.2. The quantitative estimate of drug-likeness (QED) is 0.527. The minimum absolute atomic E-state index is 0.166. The summed E-state index contributed by atoms with van der Waals surface area (Å²) in [5, 5.41) is 2.43. The highest BCUT2D eigenvalue weighted by molar-refractivity contribution is 7.18. The van der Waals surface area contributed by atoms with Crippen LogP contribution in [-0.2, 0) is 4.74 Å². The van der Waals surface area contributed by atoms with Gasteiger partial charge in [-0.1, -0.05) is 12.1 Å². The number of hydrogen-bond acceptors (Lipinski definition) is 6. The fourth-order valence-corrected chi connectivity index (χ4v) is 4.15. The number of piperidine rings is 1. The molecule has 0 saturated carbocycles. The lowest BCUT2D eigenvalue weighted by atomic mass is 10.1. The number of nitrogens with two attached hydrogens (primary N) is 3. The number of anilines is 1. The third kappa shape index (κ3) is 4.87. The predicted octanol–water partition coefficient (Wildman–Crippen LogP) is 1.70. The number of carbonyl (C=O) groups excluding carboxylic acids is 4. The van der Waals surface area contributed by atoms with E-state index < -0.39 is 30.0 Å². The lowest BCUT2D eigenvalue weighted by Crippen LogP contribution is -2.46. The van der Waals surface area contributed by atoms with Gasteiger partial charge in [0.25, 0.3) is 0 Å². The van der Waals surface area contributed by atoms with Crippen molar-refractivity contribution in [3.8, 4) is 10.4 Å². The zero-order valence-corrected chi connectivity index (χ0v) is 16.7. The van der Waals surface area contributed by atoms with Crippen LogP contribution >= 0.6 is 11.3 Å². The molecule has 30 heavy (non-hydrogen) atoms. The molecule has 0 bridgehead atoms. The second-order valence-corrected chi connectivity index (χ2v) is 7.79. The van der Waals surface area contributed by atoms with Gasteiger partial charge in [-0.05, 0) is 36.6 Å². The third-order valence-electron chi connectivity index (χ3n) is 4.59. The van der Waals surface area contributed by atoms with Crippen LogP contribution < -0.4 is 22.5 Å². The number of benzene rings is 1. The summed E-state index contributed by atoms with van der Waals surface area (Å²) >= 11 is 1.11. The summed E-state index contributed by atoms with van der Waals surface area (Å²) < 4.78 is 5.55. The van der Waals surface area contributed by atoms with Crippen molar-refractivity contribution in [3.63, 3.8) is 0 Å². The highest BCUT2D eigenvalue weighted by atomic mass is 32.1. The smallest absolute Gasteiger partial charge is 0.350 e. The number of ether oxygens (including phenoxy) is 1. The van der Waals surface area contributed by atoms with E-state index in [1.54, 1.807) is 30.3 Å². The molecule has 5 amide bonds. The van der Waals surface area contributed by atoms with Crippen molar-refractivity contribution in [3.05, 3.63) is 40.8 Å². The lowest BCUT2D eigenvalue weighted by molar-refractivity contribution is 0.0134. The summed E-state index contributed by atoms with van der Waals surface area (Å²) in [6.45, 7) is 0.731. The van der Waals surface area contributed by atoms with Crippen molar-refractivity contribution in [2.45, 2.75) is 18.9 Å². The van der Waals surface area contributed by atoms with E-state index in [9.17, 15) is 19.2 Å². The molecule has 1 aliphatic rings. The zero-order valence-electron chi connectivity index (χ0n) is 15.9. The minimum Gasteiger partial charge on any atom is -0.456 e. The van der Waals surface area contributed by atoms with Gasteiger partial charge in [0.1, 0.15) is 11.0 Å². The van der Waals surface area contributed by atoms with Crippen LogP contribution in [0.15, 0.2) is 30.3 Å². The van der Waals surface area contributed by atoms with Crippen molar-refractivity contribution >= 4 is 41.0 Å². The van der Waals surface area contributed by atoms with Gasteiger partial charge in [-0.2, -0.15) is 0 Å². The van der Waals surface area contributed by atoms with Crippen LogP contribution in [0.1, 0.15) is 32.9 Å². The fraction of sp³-hybridized carbons (Fsp3) is 0.263. The van der Waals surface area contributed by atoms with Gasteiger partial charge in [0.05, 0.1) is 12.2 Å². The lowest BCUT2D eigenvalue weighted by Gasteiger charge is -2.31. The van der Waals surface area contributed by atoms with Crippen LogP contribution in [0.4, 0.5) is 15.3 Å². The Morgan fingerprint density at radius 3 is 2.40 bits per heavy atom. The van der Waals surface area contributed by atoms with E-state index in [-0.39, 0.29) is 17.1 Å². The molecule has 11 heteroatoms. The van der Waals surface area contributed by atoms with Crippen LogP contribution in [0.25, 0.3) is 10.4 Å². The molecule has 1 atom stereocenters. The fourth-order valence-electron chi connectivity index (χ4n) is 3.15. The van der Waals surface area contributed by atoms with Gasteiger partial charge >= 0.3 is 18.0 Å². The van der Waals surface area contributed by atoms with Crippen molar-refractivity contribution in [1.29, 1.82) is 0 Å². The van der Waals surface area contributed by atoms with Crippen LogP contribution in [-0.4, -0.2) is 48.0 Å². The van der Waals surface area contributed by atoms with Gasteiger partial charge in [-0.15, -0.1) is 11.3 Å². The molecule has 2 heterocycles. The van der Waals surface area contributed by atoms with Crippen molar-refractivity contribution < 1.29 is 23.9 Å². The predicted molar refractivity (Wildman–Crippen MR) is 111 cm³/mol. The highest BCUT2D eigenvalue weighted by Gasteiger charge is 2.27. The Hall–Kier alpha value is -3.60. The van der Waals surface area contributed by atoms with Gasteiger partial charge in [0, 0.05) is 17.0 Å². The molecule has 1 aromatic heterocycles. The average Bonchev–Trinajstić information content (AvgIpc) is 3.11. The van der Waals surface area contributed by atoms with Gasteiger partial charge in [-0.25, -0.2) is 14.4 Å². The molecule has 10 nitrogen and oxygen atoms in total. The molecule has 1 fully saturated rings. The van der Waals surface area contributed by atoms with E-state index in [2.05, 4.69) is 5.32 Å².